The maximum Gasteiger partial charge on any atom is 0.216 e. The van der Waals surface area contributed by atoms with Crippen molar-refractivity contribution in [3.63, 3.8) is 0 Å². The lowest BCUT2D eigenvalue weighted by atomic mass is 10.1. The molecule has 0 aliphatic carbocycles. The van der Waals surface area contributed by atoms with Crippen LogP contribution in [0.25, 0.3) is 0 Å². The Morgan fingerprint density at radius 1 is 1.28 bits per heavy atom. The van der Waals surface area contributed by atoms with Crippen molar-refractivity contribution in [1.82, 2.24) is 4.98 Å². The van der Waals surface area contributed by atoms with Gasteiger partial charge in [0, 0.05) is 11.8 Å². The van der Waals surface area contributed by atoms with Crippen LogP contribution >= 0.6 is 0 Å². The van der Waals surface area contributed by atoms with Crippen LogP contribution < -0.4 is 4.74 Å². The molecule has 18 heavy (non-hydrogen) atoms. The SMILES string of the molecule is COc1ncccc1CC=C(C)CCC=C(C)C. The van der Waals surface area contributed by atoms with Crippen molar-refractivity contribution in [1.29, 1.82) is 0 Å². The monoisotopic (exact) mass is 245 g/mol. The fraction of sp³-hybridized carbons (Fsp3) is 0.438. The minimum absolute atomic E-state index is 0.728. The molecule has 1 rings (SSSR count). The summed E-state index contributed by atoms with van der Waals surface area (Å²) in [5.74, 6) is 0.728. The van der Waals surface area contributed by atoms with Gasteiger partial charge in [0.2, 0.25) is 5.88 Å². The van der Waals surface area contributed by atoms with Crippen molar-refractivity contribution in [3.05, 3.63) is 47.2 Å². The predicted molar refractivity (Wildman–Crippen MR) is 76.9 cm³/mol. The molecule has 0 atom stereocenters. The van der Waals surface area contributed by atoms with Crippen molar-refractivity contribution >= 4 is 0 Å². The lowest BCUT2D eigenvalue weighted by Crippen LogP contribution is -1.93. The summed E-state index contributed by atoms with van der Waals surface area (Å²) < 4.78 is 5.24. The van der Waals surface area contributed by atoms with Crippen LogP contribution in [-0.2, 0) is 6.42 Å². The number of rotatable bonds is 6. The van der Waals surface area contributed by atoms with Gasteiger partial charge in [-0.15, -0.1) is 0 Å². The van der Waals surface area contributed by atoms with Crippen LogP contribution in [0.1, 0.15) is 39.2 Å². The standard InChI is InChI=1S/C16H23NO/c1-13(2)7-5-8-14(3)10-11-15-9-6-12-17-16(15)18-4/h6-7,9-10,12H,5,8,11H2,1-4H3. The molecule has 0 saturated carbocycles. The van der Waals surface area contributed by atoms with Gasteiger partial charge in [0.05, 0.1) is 7.11 Å². The third kappa shape index (κ3) is 5.17. The summed E-state index contributed by atoms with van der Waals surface area (Å²) in [6.07, 6.45) is 9.42. The maximum atomic E-state index is 5.24. The van der Waals surface area contributed by atoms with Gasteiger partial charge in [-0.3, -0.25) is 0 Å². The maximum absolute atomic E-state index is 5.24. The van der Waals surface area contributed by atoms with E-state index in [1.54, 1.807) is 13.3 Å². The summed E-state index contributed by atoms with van der Waals surface area (Å²) in [5.41, 5.74) is 3.94. The molecule has 1 heterocycles. The molecule has 0 aromatic carbocycles. The van der Waals surface area contributed by atoms with Gasteiger partial charge < -0.3 is 4.74 Å². The third-order valence-electron chi connectivity index (χ3n) is 2.81. The van der Waals surface area contributed by atoms with Crippen LogP contribution in [0, 0.1) is 0 Å². The summed E-state index contributed by atoms with van der Waals surface area (Å²) in [5, 5.41) is 0. The van der Waals surface area contributed by atoms with Crippen molar-refractivity contribution in [3.8, 4) is 5.88 Å². The number of nitrogens with zero attached hydrogens (tertiary/aromatic N) is 1. The highest BCUT2D eigenvalue weighted by Crippen LogP contribution is 2.16. The average molecular weight is 245 g/mol. The number of allylic oxidation sites excluding steroid dienone is 4. The van der Waals surface area contributed by atoms with Crippen molar-refractivity contribution < 1.29 is 4.74 Å². The number of methoxy groups -OCH3 is 1. The average Bonchev–Trinajstić information content (AvgIpc) is 2.36. The third-order valence-corrected chi connectivity index (χ3v) is 2.81. The van der Waals surface area contributed by atoms with Gasteiger partial charge in [0.25, 0.3) is 0 Å². The molecule has 0 saturated heterocycles. The van der Waals surface area contributed by atoms with E-state index < -0.39 is 0 Å². The predicted octanol–water partition coefficient (Wildman–Crippen LogP) is 4.33. The minimum atomic E-state index is 0.728. The molecule has 0 fully saturated rings. The van der Waals surface area contributed by atoms with E-state index in [0.29, 0.717) is 0 Å². The van der Waals surface area contributed by atoms with E-state index >= 15 is 0 Å². The summed E-state index contributed by atoms with van der Waals surface area (Å²) in [4.78, 5) is 4.20. The Morgan fingerprint density at radius 2 is 2.06 bits per heavy atom. The molecule has 0 N–H and O–H groups in total. The molecule has 0 amide bonds. The Bertz CT molecular complexity index is 428. The highest BCUT2D eigenvalue weighted by molar-refractivity contribution is 5.28. The molecule has 0 spiro atoms. The Morgan fingerprint density at radius 3 is 2.72 bits per heavy atom. The van der Waals surface area contributed by atoms with E-state index in [0.717, 1.165) is 30.7 Å². The zero-order valence-electron chi connectivity index (χ0n) is 11.9. The zero-order valence-corrected chi connectivity index (χ0v) is 11.9. The van der Waals surface area contributed by atoms with Crippen molar-refractivity contribution in [2.45, 2.75) is 40.0 Å². The first-order valence-electron chi connectivity index (χ1n) is 6.40. The van der Waals surface area contributed by atoms with Crippen LogP contribution in [0.2, 0.25) is 0 Å². The Balaban J connectivity index is 2.54. The number of hydrogen-bond donors (Lipinski definition) is 0. The normalized spacial score (nSPS) is 11.2. The first kappa shape index (κ1) is 14.5. The smallest absolute Gasteiger partial charge is 0.216 e. The van der Waals surface area contributed by atoms with Crippen molar-refractivity contribution in [2.24, 2.45) is 0 Å². The summed E-state index contributed by atoms with van der Waals surface area (Å²) in [6.45, 7) is 6.46. The Labute approximate surface area is 110 Å². The summed E-state index contributed by atoms with van der Waals surface area (Å²) >= 11 is 0. The highest BCUT2D eigenvalue weighted by Gasteiger charge is 2.00. The van der Waals surface area contributed by atoms with E-state index in [2.05, 4.69) is 44.0 Å². The lowest BCUT2D eigenvalue weighted by molar-refractivity contribution is 0.393. The van der Waals surface area contributed by atoms with E-state index in [9.17, 15) is 0 Å². The minimum Gasteiger partial charge on any atom is -0.481 e. The van der Waals surface area contributed by atoms with Crippen LogP contribution in [-0.4, -0.2) is 12.1 Å². The fourth-order valence-corrected chi connectivity index (χ4v) is 1.74. The first-order chi connectivity index (χ1) is 8.63. The van der Waals surface area contributed by atoms with E-state index in [1.807, 2.05) is 6.07 Å². The summed E-state index contributed by atoms with van der Waals surface area (Å²) in [6, 6.07) is 4.01. The molecule has 1 aromatic heterocycles. The largest absolute Gasteiger partial charge is 0.481 e. The van der Waals surface area contributed by atoms with Gasteiger partial charge in [0.1, 0.15) is 0 Å². The molecule has 2 heteroatoms. The van der Waals surface area contributed by atoms with Crippen LogP contribution in [0.15, 0.2) is 41.6 Å². The molecule has 0 aliphatic rings. The van der Waals surface area contributed by atoms with Gasteiger partial charge in [-0.25, -0.2) is 4.98 Å². The number of ether oxygens (including phenoxy) is 1. The van der Waals surface area contributed by atoms with Crippen LogP contribution in [0.5, 0.6) is 5.88 Å². The Hall–Kier alpha value is -1.57. The topological polar surface area (TPSA) is 22.1 Å². The lowest BCUT2D eigenvalue weighted by Gasteiger charge is -2.05. The van der Waals surface area contributed by atoms with Crippen LogP contribution in [0.4, 0.5) is 0 Å². The van der Waals surface area contributed by atoms with Gasteiger partial charge in [-0.2, -0.15) is 0 Å². The fourth-order valence-electron chi connectivity index (χ4n) is 1.74. The molecule has 2 nitrogen and oxygen atoms in total. The van der Waals surface area contributed by atoms with Crippen LogP contribution in [0.3, 0.4) is 0 Å². The van der Waals surface area contributed by atoms with Gasteiger partial charge in [0.15, 0.2) is 0 Å². The van der Waals surface area contributed by atoms with E-state index in [4.69, 9.17) is 4.74 Å². The molecule has 1 aromatic rings. The van der Waals surface area contributed by atoms with Gasteiger partial charge in [-0.1, -0.05) is 29.4 Å². The number of pyridine rings is 1. The second kappa shape index (κ2) is 7.70. The molecule has 98 valence electrons. The first-order valence-corrected chi connectivity index (χ1v) is 6.40. The van der Waals surface area contributed by atoms with Crippen molar-refractivity contribution in [2.75, 3.05) is 7.11 Å². The molecular weight excluding hydrogens is 222 g/mol. The molecule has 0 aliphatic heterocycles. The molecule has 0 unspecified atom stereocenters. The highest BCUT2D eigenvalue weighted by atomic mass is 16.5. The summed E-state index contributed by atoms with van der Waals surface area (Å²) in [7, 11) is 1.66. The van der Waals surface area contributed by atoms with Gasteiger partial charge >= 0.3 is 0 Å². The van der Waals surface area contributed by atoms with E-state index in [1.165, 1.54) is 11.1 Å². The quantitative estimate of drug-likeness (QED) is 0.696. The molecule has 0 bridgehead atoms. The number of hydrogen-bond acceptors (Lipinski definition) is 2. The molecule has 0 radical (unpaired) electrons. The van der Waals surface area contributed by atoms with Gasteiger partial charge in [-0.05, 0) is 46.1 Å². The zero-order chi connectivity index (χ0) is 13.4. The Kier molecular flexibility index (Phi) is 6.20. The second-order valence-electron chi connectivity index (χ2n) is 4.75. The number of aromatic nitrogens is 1. The second-order valence-corrected chi connectivity index (χ2v) is 4.75. The molecular formula is C16H23NO. The van der Waals surface area contributed by atoms with E-state index in [-0.39, 0.29) is 0 Å².